The average molecular weight is 274 g/mol. The van der Waals surface area contributed by atoms with Crippen molar-refractivity contribution in [3.8, 4) is 0 Å². The number of aromatic amines is 1. The number of nitrogens with zero attached hydrogens (tertiary/aromatic N) is 1. The lowest BCUT2D eigenvalue weighted by atomic mass is 10.2. The lowest BCUT2D eigenvalue weighted by Crippen LogP contribution is -2.41. The first kappa shape index (κ1) is 12.5. The van der Waals surface area contributed by atoms with E-state index in [0.717, 1.165) is 18.5 Å². The van der Waals surface area contributed by atoms with Crippen LogP contribution in [0.1, 0.15) is 51.1 Å². The maximum Gasteiger partial charge on any atom is 0.290 e. The lowest BCUT2D eigenvalue weighted by molar-refractivity contribution is 0.0843. The molecule has 7 heteroatoms. The van der Waals surface area contributed by atoms with Crippen LogP contribution in [0.5, 0.6) is 0 Å². The predicted molar refractivity (Wildman–Crippen MR) is 68.9 cm³/mol. The number of carbonyl (C=O) groups excluding carboxylic acids is 2. The van der Waals surface area contributed by atoms with Gasteiger partial charge in [0, 0.05) is 11.6 Å². The minimum Gasteiger partial charge on any atom is -0.469 e. The number of furan rings is 1. The third-order valence-corrected chi connectivity index (χ3v) is 3.24. The molecule has 0 aromatic carbocycles. The Kier molecular flexibility index (Phi) is 3.02. The van der Waals surface area contributed by atoms with Gasteiger partial charge in [-0.2, -0.15) is 5.10 Å². The molecule has 3 N–H and O–H groups in total. The Morgan fingerprint density at radius 2 is 2.10 bits per heavy atom. The first-order chi connectivity index (χ1) is 9.65. The first-order valence-electron chi connectivity index (χ1n) is 6.35. The first-order valence-corrected chi connectivity index (χ1v) is 6.35. The maximum absolute atomic E-state index is 11.8. The van der Waals surface area contributed by atoms with Gasteiger partial charge in [-0.1, -0.05) is 0 Å². The maximum atomic E-state index is 11.8. The molecule has 0 radical (unpaired) electrons. The second-order valence-electron chi connectivity index (χ2n) is 4.78. The zero-order chi connectivity index (χ0) is 14.1. The van der Waals surface area contributed by atoms with Crippen LogP contribution in [-0.4, -0.2) is 22.0 Å². The van der Waals surface area contributed by atoms with Crippen LogP contribution in [0.2, 0.25) is 0 Å². The van der Waals surface area contributed by atoms with Crippen LogP contribution in [0.4, 0.5) is 0 Å². The molecule has 104 valence electrons. The summed E-state index contributed by atoms with van der Waals surface area (Å²) in [6, 6.07) is 3.25. The molecular weight excluding hydrogens is 260 g/mol. The van der Waals surface area contributed by atoms with Crippen molar-refractivity contribution >= 4 is 11.8 Å². The number of nitrogens with one attached hydrogen (secondary N) is 3. The van der Waals surface area contributed by atoms with Crippen LogP contribution in [0.15, 0.2) is 22.8 Å². The van der Waals surface area contributed by atoms with E-state index in [0.29, 0.717) is 17.2 Å². The molecule has 1 fully saturated rings. The average Bonchev–Trinajstić information content (AvgIpc) is 3.00. The summed E-state index contributed by atoms with van der Waals surface area (Å²) in [6.45, 7) is 1.67. The van der Waals surface area contributed by atoms with Crippen molar-refractivity contribution in [3.63, 3.8) is 0 Å². The number of aryl methyl sites for hydroxylation is 1. The third-order valence-electron chi connectivity index (χ3n) is 3.24. The van der Waals surface area contributed by atoms with Crippen molar-refractivity contribution in [1.29, 1.82) is 0 Å². The van der Waals surface area contributed by atoms with E-state index in [1.807, 2.05) is 0 Å². The Morgan fingerprint density at radius 3 is 2.75 bits per heavy atom. The second kappa shape index (κ2) is 4.84. The van der Waals surface area contributed by atoms with Crippen LogP contribution in [0, 0.1) is 6.92 Å². The predicted octanol–water partition coefficient (Wildman–Crippen LogP) is 1.26. The van der Waals surface area contributed by atoms with Gasteiger partial charge in [-0.25, -0.2) is 0 Å². The largest absolute Gasteiger partial charge is 0.469 e. The SMILES string of the molecule is Cc1occc1C(=O)NNC(=O)c1cc(C2CC2)[nH]n1. The lowest BCUT2D eigenvalue weighted by Gasteiger charge is -2.04. The van der Waals surface area contributed by atoms with Crippen molar-refractivity contribution in [2.75, 3.05) is 0 Å². The van der Waals surface area contributed by atoms with Gasteiger partial charge in [0.15, 0.2) is 5.69 Å². The fourth-order valence-electron chi connectivity index (χ4n) is 1.92. The van der Waals surface area contributed by atoms with Gasteiger partial charge < -0.3 is 4.42 Å². The van der Waals surface area contributed by atoms with Crippen LogP contribution in [0.25, 0.3) is 0 Å². The van der Waals surface area contributed by atoms with Crippen LogP contribution >= 0.6 is 0 Å². The highest BCUT2D eigenvalue weighted by Crippen LogP contribution is 2.38. The molecule has 0 saturated heterocycles. The zero-order valence-electron chi connectivity index (χ0n) is 10.9. The molecule has 3 rings (SSSR count). The van der Waals surface area contributed by atoms with E-state index in [-0.39, 0.29) is 5.69 Å². The molecule has 20 heavy (non-hydrogen) atoms. The summed E-state index contributed by atoms with van der Waals surface area (Å²) in [5, 5.41) is 6.76. The normalized spacial score (nSPS) is 14.1. The topological polar surface area (TPSA) is 100 Å². The molecule has 1 aliphatic carbocycles. The smallest absolute Gasteiger partial charge is 0.290 e. The molecule has 0 aliphatic heterocycles. The monoisotopic (exact) mass is 274 g/mol. The van der Waals surface area contributed by atoms with Gasteiger partial charge in [0.1, 0.15) is 5.76 Å². The van der Waals surface area contributed by atoms with E-state index in [2.05, 4.69) is 21.0 Å². The Bertz CT molecular complexity index is 654. The highest BCUT2D eigenvalue weighted by molar-refractivity contribution is 5.98. The van der Waals surface area contributed by atoms with Crippen molar-refractivity contribution in [1.82, 2.24) is 21.0 Å². The van der Waals surface area contributed by atoms with Crippen LogP contribution in [-0.2, 0) is 0 Å². The number of hydrogen-bond donors (Lipinski definition) is 3. The molecule has 2 amide bonds. The summed E-state index contributed by atoms with van der Waals surface area (Å²) in [7, 11) is 0. The minimum absolute atomic E-state index is 0.260. The van der Waals surface area contributed by atoms with E-state index in [1.165, 1.54) is 12.3 Å². The second-order valence-corrected chi connectivity index (χ2v) is 4.78. The molecule has 7 nitrogen and oxygen atoms in total. The summed E-state index contributed by atoms with van der Waals surface area (Å²) < 4.78 is 5.02. The van der Waals surface area contributed by atoms with Gasteiger partial charge in [0.2, 0.25) is 0 Å². The van der Waals surface area contributed by atoms with Gasteiger partial charge in [0.05, 0.1) is 11.8 Å². The number of hydrogen-bond acceptors (Lipinski definition) is 4. The van der Waals surface area contributed by atoms with E-state index < -0.39 is 11.8 Å². The molecule has 1 saturated carbocycles. The summed E-state index contributed by atoms with van der Waals surface area (Å²) in [5.41, 5.74) is 6.26. The number of hydrazine groups is 1. The van der Waals surface area contributed by atoms with Crippen LogP contribution in [0.3, 0.4) is 0 Å². The molecule has 1 aliphatic rings. The van der Waals surface area contributed by atoms with Gasteiger partial charge in [0.25, 0.3) is 11.8 Å². The van der Waals surface area contributed by atoms with Gasteiger partial charge in [-0.15, -0.1) is 0 Å². The number of amides is 2. The highest BCUT2D eigenvalue weighted by Gasteiger charge is 2.26. The third kappa shape index (κ3) is 2.42. The van der Waals surface area contributed by atoms with E-state index in [1.54, 1.807) is 13.0 Å². The Labute approximate surface area is 114 Å². The molecular formula is C13H14N4O3. The zero-order valence-corrected chi connectivity index (χ0v) is 10.9. The highest BCUT2D eigenvalue weighted by atomic mass is 16.3. The molecule has 0 atom stereocenters. The number of rotatable bonds is 3. The minimum atomic E-state index is -0.456. The quantitative estimate of drug-likeness (QED) is 0.733. The Hall–Kier alpha value is -2.57. The fourth-order valence-corrected chi connectivity index (χ4v) is 1.92. The van der Waals surface area contributed by atoms with Crippen molar-refractivity contribution in [3.05, 3.63) is 41.1 Å². The summed E-state index contributed by atoms with van der Waals surface area (Å²) in [6.07, 6.45) is 3.67. The van der Waals surface area contributed by atoms with Gasteiger partial charge in [-0.3, -0.25) is 25.5 Å². The van der Waals surface area contributed by atoms with Crippen LogP contribution < -0.4 is 10.9 Å². The van der Waals surface area contributed by atoms with E-state index in [4.69, 9.17) is 4.42 Å². The molecule has 2 aromatic rings. The fraction of sp³-hybridized carbons (Fsp3) is 0.308. The van der Waals surface area contributed by atoms with Crippen molar-refractivity contribution < 1.29 is 14.0 Å². The van der Waals surface area contributed by atoms with Gasteiger partial charge >= 0.3 is 0 Å². The molecule has 2 heterocycles. The number of carbonyl (C=O) groups is 2. The Morgan fingerprint density at radius 1 is 1.35 bits per heavy atom. The Balaban J connectivity index is 1.58. The molecule has 0 bridgehead atoms. The molecule has 2 aromatic heterocycles. The van der Waals surface area contributed by atoms with Crippen molar-refractivity contribution in [2.24, 2.45) is 0 Å². The molecule has 0 spiro atoms. The number of aromatic nitrogens is 2. The summed E-state index contributed by atoms with van der Waals surface area (Å²) in [5.74, 6) is 0.102. The van der Waals surface area contributed by atoms with E-state index in [9.17, 15) is 9.59 Å². The van der Waals surface area contributed by atoms with Gasteiger partial charge in [-0.05, 0) is 31.9 Å². The van der Waals surface area contributed by atoms with E-state index >= 15 is 0 Å². The summed E-state index contributed by atoms with van der Waals surface area (Å²) >= 11 is 0. The number of H-pyrrole nitrogens is 1. The summed E-state index contributed by atoms with van der Waals surface area (Å²) in [4.78, 5) is 23.6. The molecule has 0 unspecified atom stereocenters. The standard InChI is InChI=1S/C13H14N4O3/c1-7-9(4-5-20-7)12(18)16-17-13(19)11-6-10(14-15-11)8-2-3-8/h4-6,8H,2-3H2,1H3,(H,14,15)(H,16,18)(H,17,19). The van der Waals surface area contributed by atoms with Crippen molar-refractivity contribution in [2.45, 2.75) is 25.7 Å².